The van der Waals surface area contributed by atoms with E-state index in [2.05, 4.69) is 23.0 Å². The maximum absolute atomic E-state index is 13.5. The van der Waals surface area contributed by atoms with Crippen LogP contribution in [0.4, 0.5) is 14.6 Å². The molecule has 0 spiro atoms. The predicted molar refractivity (Wildman–Crippen MR) is 107 cm³/mol. The second-order valence-electron chi connectivity index (χ2n) is 7.91. The van der Waals surface area contributed by atoms with Crippen molar-refractivity contribution in [3.63, 3.8) is 0 Å². The van der Waals surface area contributed by atoms with Gasteiger partial charge in [-0.3, -0.25) is 4.79 Å². The third-order valence-corrected chi connectivity index (χ3v) is 5.67. The molecule has 2 fully saturated rings. The van der Waals surface area contributed by atoms with E-state index in [9.17, 15) is 13.6 Å². The van der Waals surface area contributed by atoms with Crippen LogP contribution in [0.25, 0.3) is 6.08 Å². The number of aromatic nitrogens is 1. The molecular weight excluding hydrogens is 362 g/mol. The lowest BCUT2D eigenvalue weighted by atomic mass is 9.79. The van der Waals surface area contributed by atoms with E-state index in [0.717, 1.165) is 49.6 Å². The van der Waals surface area contributed by atoms with E-state index in [-0.39, 0.29) is 11.8 Å². The van der Waals surface area contributed by atoms with Gasteiger partial charge in [0.05, 0.1) is 12.8 Å². The van der Waals surface area contributed by atoms with Crippen LogP contribution in [0.1, 0.15) is 62.6 Å². The van der Waals surface area contributed by atoms with Crippen LogP contribution in [0.2, 0.25) is 0 Å². The van der Waals surface area contributed by atoms with Gasteiger partial charge in [-0.2, -0.15) is 0 Å². The van der Waals surface area contributed by atoms with Crippen molar-refractivity contribution < 1.29 is 18.3 Å². The van der Waals surface area contributed by atoms with Gasteiger partial charge in [0, 0.05) is 17.4 Å². The molecule has 2 saturated carbocycles. The van der Waals surface area contributed by atoms with Gasteiger partial charge in [-0.15, -0.1) is 0 Å². The SMILES string of the molecule is C=CC(=O)Nc1cc(/C=C/C2CCC(C(C)(F)F)CC2)c(OC)c(C2CC2)n1. The van der Waals surface area contributed by atoms with Gasteiger partial charge in [0.25, 0.3) is 0 Å². The van der Waals surface area contributed by atoms with Crippen molar-refractivity contribution >= 4 is 17.8 Å². The molecule has 2 aliphatic rings. The van der Waals surface area contributed by atoms with E-state index in [1.54, 1.807) is 13.2 Å². The number of allylic oxidation sites excluding steroid dienone is 1. The highest BCUT2D eigenvalue weighted by Crippen LogP contribution is 2.45. The van der Waals surface area contributed by atoms with Gasteiger partial charge in [0.2, 0.25) is 11.8 Å². The molecule has 0 saturated heterocycles. The summed E-state index contributed by atoms with van der Waals surface area (Å²) in [4.78, 5) is 16.2. The first-order valence-corrected chi connectivity index (χ1v) is 9.90. The zero-order valence-electron chi connectivity index (χ0n) is 16.5. The van der Waals surface area contributed by atoms with Crippen molar-refractivity contribution in [3.8, 4) is 5.75 Å². The van der Waals surface area contributed by atoms with E-state index in [4.69, 9.17) is 4.74 Å². The van der Waals surface area contributed by atoms with Gasteiger partial charge < -0.3 is 10.1 Å². The first kappa shape index (κ1) is 20.5. The van der Waals surface area contributed by atoms with Gasteiger partial charge in [-0.1, -0.05) is 18.7 Å². The average Bonchev–Trinajstić information content (AvgIpc) is 3.50. The quantitative estimate of drug-likeness (QED) is 0.620. The summed E-state index contributed by atoms with van der Waals surface area (Å²) in [7, 11) is 1.62. The molecule has 28 heavy (non-hydrogen) atoms. The second-order valence-corrected chi connectivity index (χ2v) is 7.91. The van der Waals surface area contributed by atoms with Gasteiger partial charge in [-0.25, -0.2) is 13.8 Å². The Labute approximate surface area is 165 Å². The molecule has 6 heteroatoms. The summed E-state index contributed by atoms with van der Waals surface area (Å²) in [5.41, 5.74) is 1.71. The van der Waals surface area contributed by atoms with E-state index in [0.29, 0.717) is 24.6 Å². The highest BCUT2D eigenvalue weighted by atomic mass is 19.3. The molecule has 1 amide bonds. The minimum absolute atomic E-state index is 0.270. The number of methoxy groups -OCH3 is 1. The number of carbonyl (C=O) groups excluding carboxylic acids is 1. The largest absolute Gasteiger partial charge is 0.494 e. The summed E-state index contributed by atoms with van der Waals surface area (Å²) in [6.07, 6.45) is 9.98. The van der Waals surface area contributed by atoms with Crippen LogP contribution in [-0.4, -0.2) is 23.9 Å². The predicted octanol–water partition coefficient (Wildman–Crippen LogP) is 5.57. The Morgan fingerprint density at radius 3 is 2.50 bits per heavy atom. The standard InChI is InChI=1S/C22H28F2N2O2/c1-4-19(27)25-18-13-16(21(28-3)20(26-18)15-9-10-15)8-5-14-6-11-17(12-7-14)22(2,23)24/h4-5,8,13-15,17H,1,6-7,9-12H2,2-3H3,(H,25,26,27)/b8-5+. The number of nitrogens with one attached hydrogen (secondary N) is 1. The van der Waals surface area contributed by atoms with E-state index in [1.165, 1.54) is 6.08 Å². The Hall–Kier alpha value is -2.24. The van der Waals surface area contributed by atoms with Crippen LogP contribution in [0.15, 0.2) is 24.8 Å². The van der Waals surface area contributed by atoms with Gasteiger partial charge in [0.15, 0.2) is 0 Å². The summed E-state index contributed by atoms with van der Waals surface area (Å²) in [6.45, 7) is 4.49. The summed E-state index contributed by atoms with van der Waals surface area (Å²) in [5, 5.41) is 2.73. The third-order valence-electron chi connectivity index (χ3n) is 5.67. The van der Waals surface area contributed by atoms with E-state index >= 15 is 0 Å². The number of ether oxygens (including phenoxy) is 1. The fourth-order valence-electron chi connectivity index (χ4n) is 3.85. The molecule has 1 N–H and O–H groups in total. The summed E-state index contributed by atoms with van der Waals surface area (Å²) in [6, 6.07) is 1.79. The van der Waals surface area contributed by atoms with Crippen LogP contribution in [-0.2, 0) is 4.79 Å². The maximum Gasteiger partial charge on any atom is 0.248 e. The molecule has 0 bridgehead atoms. The van der Waals surface area contributed by atoms with Gasteiger partial charge >= 0.3 is 0 Å². The lowest BCUT2D eigenvalue weighted by Crippen LogP contribution is -2.28. The third kappa shape index (κ3) is 4.97. The minimum Gasteiger partial charge on any atom is -0.494 e. The summed E-state index contributed by atoms with van der Waals surface area (Å²) >= 11 is 0. The Balaban J connectivity index is 1.79. The molecule has 0 radical (unpaired) electrons. The molecule has 0 atom stereocenters. The molecule has 1 aromatic heterocycles. The number of anilines is 1. The summed E-state index contributed by atoms with van der Waals surface area (Å²) in [5.74, 6) is -1.61. The Morgan fingerprint density at radius 1 is 1.29 bits per heavy atom. The topological polar surface area (TPSA) is 51.2 Å². The van der Waals surface area contributed by atoms with Crippen molar-refractivity contribution in [2.45, 2.75) is 57.3 Å². The molecule has 152 valence electrons. The van der Waals surface area contributed by atoms with Crippen LogP contribution < -0.4 is 10.1 Å². The Kier molecular flexibility index (Phi) is 6.16. The fourth-order valence-corrected chi connectivity index (χ4v) is 3.85. The zero-order chi connectivity index (χ0) is 20.3. The number of hydrogen-bond acceptors (Lipinski definition) is 3. The summed E-state index contributed by atoms with van der Waals surface area (Å²) < 4.78 is 32.6. The number of nitrogens with zero attached hydrogens (tertiary/aromatic N) is 1. The van der Waals surface area contributed by atoms with Crippen LogP contribution in [0, 0.1) is 11.8 Å². The normalized spacial score (nSPS) is 22.9. The van der Waals surface area contributed by atoms with E-state index in [1.807, 2.05) is 6.08 Å². The van der Waals surface area contributed by atoms with E-state index < -0.39 is 11.8 Å². The maximum atomic E-state index is 13.5. The number of hydrogen-bond donors (Lipinski definition) is 1. The smallest absolute Gasteiger partial charge is 0.248 e. The molecular formula is C22H28F2N2O2. The minimum atomic E-state index is -2.60. The molecule has 4 nitrogen and oxygen atoms in total. The van der Waals surface area contributed by atoms with Crippen LogP contribution in [0.5, 0.6) is 5.75 Å². The Morgan fingerprint density at radius 2 is 1.96 bits per heavy atom. The van der Waals surface area contributed by atoms with Crippen LogP contribution >= 0.6 is 0 Å². The average molecular weight is 390 g/mol. The lowest BCUT2D eigenvalue weighted by Gasteiger charge is -2.30. The number of rotatable bonds is 7. The number of amides is 1. The van der Waals surface area contributed by atoms with Gasteiger partial charge in [-0.05, 0) is 63.5 Å². The van der Waals surface area contributed by atoms with Crippen molar-refractivity contribution in [2.24, 2.45) is 11.8 Å². The van der Waals surface area contributed by atoms with Crippen LogP contribution in [0.3, 0.4) is 0 Å². The number of halogens is 2. The molecule has 1 aromatic rings. The van der Waals surface area contributed by atoms with Crippen molar-refractivity contribution in [1.82, 2.24) is 4.98 Å². The fraction of sp³-hybridized carbons (Fsp3) is 0.545. The van der Waals surface area contributed by atoms with Crippen molar-refractivity contribution in [3.05, 3.63) is 36.1 Å². The molecule has 0 unspecified atom stereocenters. The molecule has 1 heterocycles. The molecule has 3 rings (SSSR count). The molecule has 0 aromatic carbocycles. The first-order chi connectivity index (χ1) is 13.3. The Bertz CT molecular complexity index is 759. The lowest BCUT2D eigenvalue weighted by molar-refractivity contribution is -0.111. The second kappa shape index (κ2) is 8.41. The number of alkyl halides is 2. The zero-order valence-corrected chi connectivity index (χ0v) is 16.5. The number of carbonyl (C=O) groups is 1. The van der Waals surface area contributed by atoms with Crippen molar-refractivity contribution in [2.75, 3.05) is 12.4 Å². The van der Waals surface area contributed by atoms with Crippen molar-refractivity contribution in [1.29, 1.82) is 0 Å². The first-order valence-electron chi connectivity index (χ1n) is 9.90. The molecule has 2 aliphatic carbocycles. The number of pyridine rings is 1. The van der Waals surface area contributed by atoms with Gasteiger partial charge in [0.1, 0.15) is 11.6 Å². The highest BCUT2D eigenvalue weighted by molar-refractivity contribution is 5.98. The monoisotopic (exact) mass is 390 g/mol. The molecule has 0 aliphatic heterocycles. The highest BCUT2D eigenvalue weighted by Gasteiger charge is 2.36.